The normalized spacial score (nSPS) is 18.2. The molecule has 7 heteroatoms. The maximum absolute atomic E-state index is 11.8. The van der Waals surface area contributed by atoms with Crippen molar-refractivity contribution in [2.45, 2.75) is 44.6 Å². The lowest BCUT2D eigenvalue weighted by Gasteiger charge is -2.40. The van der Waals surface area contributed by atoms with Gasteiger partial charge in [-0.2, -0.15) is 0 Å². The van der Waals surface area contributed by atoms with Gasteiger partial charge in [0.2, 0.25) is 11.8 Å². The molecule has 0 aromatic rings. The molecule has 19 heavy (non-hydrogen) atoms. The number of carboxylic acid groups (broad SMARTS) is 1. The van der Waals surface area contributed by atoms with Crippen LogP contribution >= 0.6 is 0 Å². The van der Waals surface area contributed by atoms with E-state index >= 15 is 0 Å². The van der Waals surface area contributed by atoms with Crippen molar-refractivity contribution in [2.24, 2.45) is 16.9 Å². The number of rotatable bonds is 8. The molecule has 6 N–H and O–H groups in total. The van der Waals surface area contributed by atoms with Crippen LogP contribution in [-0.2, 0) is 14.4 Å². The minimum Gasteiger partial charge on any atom is -0.480 e. The standard InChI is InChI=1S/C12H21N3O4/c13-7-12(4-1-5-12)6-10(17)15-8(11(18)19)2-3-9(14)16/h8H,1-7,13H2,(H2,14,16)(H,15,17)(H,18,19). The number of carbonyl (C=O) groups excluding carboxylic acids is 2. The number of hydrogen-bond acceptors (Lipinski definition) is 4. The van der Waals surface area contributed by atoms with Crippen molar-refractivity contribution in [3.63, 3.8) is 0 Å². The Balaban J connectivity index is 2.47. The molecule has 1 saturated carbocycles. The molecule has 2 amide bonds. The van der Waals surface area contributed by atoms with E-state index in [4.69, 9.17) is 16.6 Å². The number of nitrogens with two attached hydrogens (primary N) is 2. The van der Waals surface area contributed by atoms with Gasteiger partial charge < -0.3 is 21.9 Å². The van der Waals surface area contributed by atoms with E-state index in [-0.39, 0.29) is 30.6 Å². The van der Waals surface area contributed by atoms with Crippen molar-refractivity contribution in [3.8, 4) is 0 Å². The van der Waals surface area contributed by atoms with E-state index in [1.165, 1.54) is 0 Å². The molecule has 108 valence electrons. The first-order valence-corrected chi connectivity index (χ1v) is 6.39. The van der Waals surface area contributed by atoms with Gasteiger partial charge in [0.1, 0.15) is 6.04 Å². The number of amides is 2. The third kappa shape index (κ3) is 4.51. The second-order valence-electron chi connectivity index (χ2n) is 5.20. The Bertz CT molecular complexity index is 360. The predicted octanol–water partition coefficient (Wildman–Crippen LogP) is -0.660. The summed E-state index contributed by atoms with van der Waals surface area (Å²) in [5.41, 5.74) is 10.4. The highest BCUT2D eigenvalue weighted by Crippen LogP contribution is 2.42. The Hall–Kier alpha value is -1.63. The summed E-state index contributed by atoms with van der Waals surface area (Å²) in [6.07, 6.45) is 3.02. The summed E-state index contributed by atoms with van der Waals surface area (Å²) in [6, 6.07) is -1.07. The zero-order valence-electron chi connectivity index (χ0n) is 10.9. The number of hydrogen-bond donors (Lipinski definition) is 4. The third-order valence-corrected chi connectivity index (χ3v) is 3.70. The lowest BCUT2D eigenvalue weighted by molar-refractivity contribution is -0.142. The molecule has 0 aromatic heterocycles. The van der Waals surface area contributed by atoms with Crippen LogP contribution in [0.25, 0.3) is 0 Å². The van der Waals surface area contributed by atoms with Gasteiger partial charge in [0.05, 0.1) is 0 Å². The molecule has 7 nitrogen and oxygen atoms in total. The van der Waals surface area contributed by atoms with Crippen molar-refractivity contribution >= 4 is 17.8 Å². The molecular weight excluding hydrogens is 250 g/mol. The summed E-state index contributed by atoms with van der Waals surface area (Å²) in [5.74, 6) is -2.08. The van der Waals surface area contributed by atoms with Crippen LogP contribution in [-0.4, -0.2) is 35.5 Å². The fraction of sp³-hybridized carbons (Fsp3) is 0.750. The number of primary amides is 1. The molecule has 0 saturated heterocycles. The van der Waals surface area contributed by atoms with Crippen LogP contribution in [0.4, 0.5) is 0 Å². The Labute approximate surface area is 111 Å². The average Bonchev–Trinajstić information content (AvgIpc) is 2.28. The first-order chi connectivity index (χ1) is 8.88. The minimum absolute atomic E-state index is 0.00598. The molecule has 1 unspecified atom stereocenters. The molecule has 1 atom stereocenters. The van der Waals surface area contributed by atoms with Gasteiger partial charge in [0.15, 0.2) is 0 Å². The molecule has 0 bridgehead atoms. The molecule has 0 spiro atoms. The molecule has 0 radical (unpaired) electrons. The van der Waals surface area contributed by atoms with Crippen molar-refractivity contribution in [2.75, 3.05) is 6.54 Å². The first kappa shape index (κ1) is 15.4. The van der Waals surface area contributed by atoms with Gasteiger partial charge in [-0.15, -0.1) is 0 Å². The topological polar surface area (TPSA) is 136 Å². The van der Waals surface area contributed by atoms with Gasteiger partial charge in [0.25, 0.3) is 0 Å². The molecule has 0 heterocycles. The number of carbonyl (C=O) groups is 3. The van der Waals surface area contributed by atoms with E-state index in [0.717, 1.165) is 19.3 Å². The fourth-order valence-electron chi connectivity index (χ4n) is 2.26. The van der Waals surface area contributed by atoms with Gasteiger partial charge >= 0.3 is 5.97 Å². The third-order valence-electron chi connectivity index (χ3n) is 3.70. The van der Waals surface area contributed by atoms with Crippen molar-refractivity contribution in [1.29, 1.82) is 0 Å². The highest BCUT2D eigenvalue weighted by Gasteiger charge is 2.38. The summed E-state index contributed by atoms with van der Waals surface area (Å²) in [7, 11) is 0. The summed E-state index contributed by atoms with van der Waals surface area (Å²) in [5, 5.41) is 11.4. The van der Waals surface area contributed by atoms with Crippen molar-refractivity contribution in [3.05, 3.63) is 0 Å². The van der Waals surface area contributed by atoms with Crippen LogP contribution in [0.3, 0.4) is 0 Å². The largest absolute Gasteiger partial charge is 0.480 e. The van der Waals surface area contributed by atoms with Gasteiger partial charge in [-0.25, -0.2) is 4.79 Å². The van der Waals surface area contributed by atoms with Crippen LogP contribution in [0.15, 0.2) is 0 Å². The quantitative estimate of drug-likeness (QED) is 0.464. The van der Waals surface area contributed by atoms with E-state index in [0.29, 0.717) is 6.54 Å². The smallest absolute Gasteiger partial charge is 0.326 e. The zero-order chi connectivity index (χ0) is 14.5. The molecular formula is C12H21N3O4. The maximum Gasteiger partial charge on any atom is 0.326 e. The SMILES string of the molecule is NCC1(CC(=O)NC(CCC(N)=O)C(=O)O)CCC1. The van der Waals surface area contributed by atoms with Crippen LogP contribution < -0.4 is 16.8 Å². The summed E-state index contributed by atoms with van der Waals surface area (Å²) < 4.78 is 0. The number of aliphatic carboxylic acids is 1. The van der Waals surface area contributed by atoms with Crippen LogP contribution in [0.5, 0.6) is 0 Å². The monoisotopic (exact) mass is 271 g/mol. The van der Waals surface area contributed by atoms with Crippen LogP contribution in [0.1, 0.15) is 38.5 Å². The van der Waals surface area contributed by atoms with Gasteiger partial charge in [-0.05, 0) is 31.2 Å². The maximum atomic E-state index is 11.8. The van der Waals surface area contributed by atoms with E-state index in [9.17, 15) is 14.4 Å². The van der Waals surface area contributed by atoms with E-state index in [1.54, 1.807) is 0 Å². The van der Waals surface area contributed by atoms with E-state index in [2.05, 4.69) is 5.32 Å². The van der Waals surface area contributed by atoms with Gasteiger partial charge in [0, 0.05) is 12.8 Å². The summed E-state index contributed by atoms with van der Waals surface area (Å²) in [4.78, 5) is 33.4. The highest BCUT2D eigenvalue weighted by molar-refractivity contribution is 5.84. The van der Waals surface area contributed by atoms with Crippen molar-refractivity contribution < 1.29 is 19.5 Å². The first-order valence-electron chi connectivity index (χ1n) is 6.39. The number of carboxylic acids is 1. The lowest BCUT2D eigenvalue weighted by atomic mass is 9.66. The molecule has 1 aliphatic carbocycles. The van der Waals surface area contributed by atoms with Crippen LogP contribution in [0, 0.1) is 5.41 Å². The Morgan fingerprint density at radius 1 is 1.32 bits per heavy atom. The Morgan fingerprint density at radius 3 is 2.32 bits per heavy atom. The lowest BCUT2D eigenvalue weighted by Crippen LogP contribution is -2.46. The predicted molar refractivity (Wildman–Crippen MR) is 68.0 cm³/mol. The van der Waals surface area contributed by atoms with Gasteiger partial charge in [-0.1, -0.05) is 6.42 Å². The van der Waals surface area contributed by atoms with E-state index < -0.39 is 17.9 Å². The zero-order valence-corrected chi connectivity index (χ0v) is 10.9. The minimum atomic E-state index is -1.16. The molecule has 1 fully saturated rings. The Morgan fingerprint density at radius 2 is 1.95 bits per heavy atom. The van der Waals surface area contributed by atoms with Crippen LogP contribution in [0.2, 0.25) is 0 Å². The molecule has 1 rings (SSSR count). The second kappa shape index (κ2) is 6.51. The highest BCUT2D eigenvalue weighted by atomic mass is 16.4. The number of nitrogens with one attached hydrogen (secondary N) is 1. The van der Waals surface area contributed by atoms with Crippen molar-refractivity contribution in [1.82, 2.24) is 5.32 Å². The second-order valence-corrected chi connectivity index (χ2v) is 5.20. The fourth-order valence-corrected chi connectivity index (χ4v) is 2.26. The summed E-state index contributed by atoms with van der Waals surface area (Å²) >= 11 is 0. The average molecular weight is 271 g/mol. The molecule has 0 aromatic carbocycles. The molecule has 1 aliphatic rings. The van der Waals surface area contributed by atoms with E-state index in [1.807, 2.05) is 0 Å². The Kier molecular flexibility index (Phi) is 5.29. The van der Waals surface area contributed by atoms with Gasteiger partial charge in [-0.3, -0.25) is 9.59 Å². The molecule has 0 aliphatic heterocycles. The summed E-state index contributed by atoms with van der Waals surface area (Å²) in [6.45, 7) is 0.430.